The van der Waals surface area contributed by atoms with Gasteiger partial charge in [0, 0.05) is 5.69 Å². The van der Waals surface area contributed by atoms with Crippen molar-refractivity contribution in [2.75, 3.05) is 18.5 Å². The number of hydrogen-bond donors (Lipinski definition) is 1. The van der Waals surface area contributed by atoms with E-state index < -0.39 is 25.1 Å². The van der Waals surface area contributed by atoms with Crippen LogP contribution in [-0.4, -0.2) is 31.7 Å². The molecule has 2 rings (SSSR count). The molecule has 1 N–H and O–H groups in total. The summed E-state index contributed by atoms with van der Waals surface area (Å²) >= 11 is 0. The van der Waals surface area contributed by atoms with Crippen LogP contribution in [0.25, 0.3) is 0 Å². The van der Waals surface area contributed by atoms with E-state index in [9.17, 15) is 18.4 Å². The lowest BCUT2D eigenvalue weighted by molar-refractivity contribution is -0.149. The van der Waals surface area contributed by atoms with E-state index in [0.717, 1.165) is 11.1 Å². The van der Waals surface area contributed by atoms with Gasteiger partial charge in [-0.1, -0.05) is 6.07 Å². The van der Waals surface area contributed by atoms with Crippen LogP contribution in [0, 0.1) is 13.8 Å². The number of benzene rings is 2. The summed E-state index contributed by atoms with van der Waals surface area (Å²) in [6.45, 7) is 0.0829. The Balaban J connectivity index is 1.73. The molecule has 0 aliphatic heterocycles. The van der Waals surface area contributed by atoms with E-state index in [-0.39, 0.29) is 12.4 Å². The number of ether oxygens (including phenoxy) is 3. The highest BCUT2D eigenvalue weighted by molar-refractivity contribution is 5.92. The van der Waals surface area contributed by atoms with Gasteiger partial charge in [0.2, 0.25) is 0 Å². The first-order valence-electron chi connectivity index (χ1n) is 8.03. The van der Waals surface area contributed by atoms with Gasteiger partial charge in [0.15, 0.2) is 13.2 Å². The molecule has 2 aromatic carbocycles. The lowest BCUT2D eigenvalue weighted by Crippen LogP contribution is -2.23. The smallest absolute Gasteiger partial charge is 0.387 e. The van der Waals surface area contributed by atoms with Gasteiger partial charge in [-0.2, -0.15) is 8.78 Å². The van der Waals surface area contributed by atoms with Gasteiger partial charge in [-0.15, -0.1) is 0 Å². The minimum atomic E-state index is -2.92. The van der Waals surface area contributed by atoms with Gasteiger partial charge in [-0.3, -0.25) is 4.79 Å². The molecule has 27 heavy (non-hydrogen) atoms. The zero-order valence-electron chi connectivity index (χ0n) is 14.8. The van der Waals surface area contributed by atoms with Gasteiger partial charge in [0.1, 0.15) is 11.5 Å². The zero-order valence-corrected chi connectivity index (χ0v) is 14.8. The number of amides is 1. The normalized spacial score (nSPS) is 10.4. The predicted molar refractivity (Wildman–Crippen MR) is 94.1 cm³/mol. The van der Waals surface area contributed by atoms with E-state index in [4.69, 9.17) is 9.47 Å². The molecule has 2 aromatic rings. The molecule has 0 aliphatic rings. The molecule has 0 atom stereocenters. The van der Waals surface area contributed by atoms with Crippen molar-refractivity contribution in [2.45, 2.75) is 20.5 Å². The Hall–Kier alpha value is -3.16. The zero-order chi connectivity index (χ0) is 19.8. The Labute approximate surface area is 155 Å². The average Bonchev–Trinajstić information content (AvgIpc) is 2.58. The van der Waals surface area contributed by atoms with E-state index in [1.807, 2.05) is 19.9 Å². The second kappa shape index (κ2) is 9.51. The number of nitrogens with one attached hydrogen (secondary N) is 1. The number of anilines is 1. The third kappa shape index (κ3) is 7.31. The molecule has 0 radical (unpaired) electrons. The maximum Gasteiger partial charge on any atom is 0.387 e. The van der Waals surface area contributed by atoms with E-state index >= 15 is 0 Å². The maximum absolute atomic E-state index is 12.1. The maximum atomic E-state index is 12.1. The monoisotopic (exact) mass is 379 g/mol. The van der Waals surface area contributed by atoms with Crippen LogP contribution in [-0.2, 0) is 14.3 Å². The second-order valence-electron chi connectivity index (χ2n) is 5.72. The first-order valence-corrected chi connectivity index (χ1v) is 8.03. The fourth-order valence-corrected chi connectivity index (χ4v) is 2.26. The number of carbonyl (C=O) groups is 2. The van der Waals surface area contributed by atoms with Crippen LogP contribution in [0.2, 0.25) is 0 Å². The van der Waals surface area contributed by atoms with Crippen molar-refractivity contribution in [1.29, 1.82) is 0 Å². The van der Waals surface area contributed by atoms with Crippen LogP contribution in [0.5, 0.6) is 11.5 Å². The number of aryl methyl sites for hydroxylation is 2. The van der Waals surface area contributed by atoms with E-state index in [1.54, 1.807) is 12.1 Å². The Morgan fingerprint density at radius 1 is 0.963 bits per heavy atom. The van der Waals surface area contributed by atoms with Gasteiger partial charge >= 0.3 is 12.6 Å². The summed E-state index contributed by atoms with van der Waals surface area (Å²) < 4.78 is 38.5. The first kappa shape index (κ1) is 20.2. The molecule has 6 nitrogen and oxygen atoms in total. The summed E-state index contributed by atoms with van der Waals surface area (Å²) in [6, 6.07) is 10.9. The van der Waals surface area contributed by atoms with Crippen molar-refractivity contribution in [3.8, 4) is 11.5 Å². The summed E-state index contributed by atoms with van der Waals surface area (Å²) in [4.78, 5) is 23.4. The third-order valence-electron chi connectivity index (χ3n) is 3.28. The van der Waals surface area contributed by atoms with Crippen molar-refractivity contribution in [3.63, 3.8) is 0 Å². The lowest BCUT2D eigenvalue weighted by atomic mass is 10.1. The Morgan fingerprint density at radius 3 is 2.19 bits per heavy atom. The number of halogens is 2. The van der Waals surface area contributed by atoms with Crippen molar-refractivity contribution >= 4 is 17.6 Å². The average molecular weight is 379 g/mol. The number of rotatable bonds is 8. The fraction of sp³-hybridized carbons (Fsp3) is 0.263. The van der Waals surface area contributed by atoms with E-state index in [1.165, 1.54) is 24.3 Å². The standard InChI is InChI=1S/C19H19F2NO5/c1-12-7-13(2)9-16(8-12)25-11-18(24)26-10-17(23)22-14-3-5-15(6-4-14)27-19(20)21/h3-9,19H,10-11H2,1-2H3,(H,22,23). The molecule has 0 saturated carbocycles. The van der Waals surface area contributed by atoms with Crippen LogP contribution in [0.1, 0.15) is 11.1 Å². The number of esters is 1. The number of alkyl halides is 2. The summed E-state index contributed by atoms with van der Waals surface area (Å²) in [6.07, 6.45) is 0. The van der Waals surface area contributed by atoms with Crippen molar-refractivity contribution in [1.82, 2.24) is 0 Å². The minimum absolute atomic E-state index is 0.0297. The third-order valence-corrected chi connectivity index (χ3v) is 3.28. The van der Waals surface area contributed by atoms with Crippen LogP contribution < -0.4 is 14.8 Å². The fourth-order valence-electron chi connectivity index (χ4n) is 2.26. The van der Waals surface area contributed by atoms with Gasteiger partial charge in [-0.05, 0) is 61.4 Å². The summed E-state index contributed by atoms with van der Waals surface area (Å²) in [5.41, 5.74) is 2.36. The SMILES string of the molecule is Cc1cc(C)cc(OCC(=O)OCC(=O)Nc2ccc(OC(F)F)cc2)c1. The Morgan fingerprint density at radius 2 is 1.59 bits per heavy atom. The molecule has 8 heteroatoms. The largest absolute Gasteiger partial charge is 0.482 e. The van der Waals surface area contributed by atoms with Crippen molar-refractivity contribution in [3.05, 3.63) is 53.6 Å². The van der Waals surface area contributed by atoms with Crippen LogP contribution in [0.3, 0.4) is 0 Å². The molecule has 0 saturated heterocycles. The van der Waals surface area contributed by atoms with Crippen LogP contribution in [0.15, 0.2) is 42.5 Å². The lowest BCUT2D eigenvalue weighted by Gasteiger charge is -2.09. The number of carbonyl (C=O) groups excluding carboxylic acids is 2. The van der Waals surface area contributed by atoms with Gasteiger partial charge < -0.3 is 19.5 Å². The van der Waals surface area contributed by atoms with Crippen molar-refractivity contribution in [2.24, 2.45) is 0 Å². The highest BCUT2D eigenvalue weighted by Gasteiger charge is 2.10. The Kier molecular flexibility index (Phi) is 7.10. The molecular formula is C19H19F2NO5. The summed E-state index contributed by atoms with van der Waals surface area (Å²) in [5.74, 6) is -0.750. The highest BCUT2D eigenvalue weighted by atomic mass is 19.3. The molecule has 1 amide bonds. The molecule has 0 heterocycles. The molecule has 0 aliphatic carbocycles. The topological polar surface area (TPSA) is 73.9 Å². The van der Waals surface area contributed by atoms with Crippen LogP contribution in [0.4, 0.5) is 14.5 Å². The van der Waals surface area contributed by atoms with Crippen LogP contribution >= 0.6 is 0 Å². The molecule has 0 spiro atoms. The van der Waals surface area contributed by atoms with E-state index in [2.05, 4.69) is 10.1 Å². The summed E-state index contributed by atoms with van der Waals surface area (Å²) in [5, 5.41) is 2.47. The minimum Gasteiger partial charge on any atom is -0.482 e. The molecule has 144 valence electrons. The molecule has 0 aromatic heterocycles. The molecule has 0 bridgehead atoms. The van der Waals surface area contributed by atoms with Gasteiger partial charge in [0.05, 0.1) is 0 Å². The molecular weight excluding hydrogens is 360 g/mol. The Bertz CT molecular complexity index is 773. The van der Waals surface area contributed by atoms with E-state index in [0.29, 0.717) is 11.4 Å². The number of hydrogen-bond acceptors (Lipinski definition) is 5. The second-order valence-corrected chi connectivity index (χ2v) is 5.72. The highest BCUT2D eigenvalue weighted by Crippen LogP contribution is 2.18. The molecule has 0 unspecified atom stereocenters. The first-order chi connectivity index (χ1) is 12.8. The quantitative estimate of drug-likeness (QED) is 0.711. The van der Waals surface area contributed by atoms with Gasteiger partial charge in [0.25, 0.3) is 5.91 Å². The van der Waals surface area contributed by atoms with Crippen molar-refractivity contribution < 1.29 is 32.6 Å². The summed E-state index contributed by atoms with van der Waals surface area (Å²) in [7, 11) is 0. The molecule has 0 fully saturated rings. The van der Waals surface area contributed by atoms with Gasteiger partial charge in [-0.25, -0.2) is 4.79 Å². The predicted octanol–water partition coefficient (Wildman–Crippen LogP) is 3.47.